The molecule has 1 aromatic carbocycles. The van der Waals surface area contributed by atoms with E-state index in [1.807, 2.05) is 6.07 Å². The topological polar surface area (TPSA) is 87.0 Å². The highest BCUT2D eigenvalue weighted by atomic mass is 16.6. The van der Waals surface area contributed by atoms with Crippen molar-refractivity contribution in [1.82, 2.24) is 0 Å². The van der Waals surface area contributed by atoms with Crippen LogP contribution in [0.5, 0.6) is 0 Å². The first-order valence-electron chi connectivity index (χ1n) is 5.05. The molecule has 1 aromatic rings. The lowest BCUT2D eigenvalue weighted by atomic mass is 10.2. The molecule has 92 valence electrons. The smallest absolute Gasteiger partial charge is 0.373 e. The van der Waals surface area contributed by atoms with E-state index in [1.165, 1.54) is 6.08 Å². The Morgan fingerprint density at radius 2 is 2.00 bits per heavy atom. The van der Waals surface area contributed by atoms with Crippen LogP contribution in [-0.2, 0) is 9.53 Å². The number of benzene rings is 1. The number of aliphatic hydroxyl groups is 3. The van der Waals surface area contributed by atoms with Crippen molar-refractivity contribution in [2.24, 2.45) is 0 Å². The summed E-state index contributed by atoms with van der Waals surface area (Å²) in [6.45, 7) is -0.863. The zero-order valence-corrected chi connectivity index (χ0v) is 9.11. The highest BCUT2D eigenvalue weighted by Gasteiger charge is 2.11. The molecule has 0 spiro atoms. The quantitative estimate of drug-likeness (QED) is 0.394. The van der Waals surface area contributed by atoms with E-state index >= 15 is 0 Å². The number of aliphatic hydroxyl groups excluding tert-OH is 3. The van der Waals surface area contributed by atoms with E-state index in [0.717, 1.165) is 0 Å². The molecule has 0 aliphatic heterocycles. The van der Waals surface area contributed by atoms with Gasteiger partial charge < -0.3 is 20.1 Å². The second kappa shape index (κ2) is 6.67. The van der Waals surface area contributed by atoms with Crippen LogP contribution >= 0.6 is 0 Å². The van der Waals surface area contributed by atoms with Crippen molar-refractivity contribution >= 4 is 12.0 Å². The van der Waals surface area contributed by atoms with Crippen molar-refractivity contribution < 1.29 is 24.9 Å². The Bertz CT molecular complexity index is 385. The summed E-state index contributed by atoms with van der Waals surface area (Å²) in [5.74, 6) is -1.50. The average molecular weight is 238 g/mol. The molecule has 3 N–H and O–H groups in total. The predicted molar refractivity (Wildman–Crippen MR) is 61.1 cm³/mol. The van der Waals surface area contributed by atoms with E-state index in [2.05, 4.69) is 4.74 Å². The standard InChI is InChI=1S/C12H14O5/c13-7-10(14)8-17-12(16)11(15)6-9-4-2-1-3-5-9/h1-6,10,13-15H,7-8H2. The molecular formula is C12H14O5. The van der Waals surface area contributed by atoms with Crippen molar-refractivity contribution in [2.75, 3.05) is 13.2 Å². The first-order chi connectivity index (χ1) is 8.13. The maximum absolute atomic E-state index is 11.2. The molecule has 17 heavy (non-hydrogen) atoms. The minimum atomic E-state index is -1.14. The lowest BCUT2D eigenvalue weighted by Crippen LogP contribution is -2.22. The van der Waals surface area contributed by atoms with Crippen LogP contribution in [0.15, 0.2) is 36.1 Å². The fraction of sp³-hybridized carbons (Fsp3) is 0.250. The lowest BCUT2D eigenvalue weighted by molar-refractivity contribution is -0.145. The van der Waals surface area contributed by atoms with Crippen LogP contribution in [0, 0.1) is 0 Å². The average Bonchev–Trinajstić information content (AvgIpc) is 2.36. The van der Waals surface area contributed by atoms with Crippen LogP contribution in [0.25, 0.3) is 6.08 Å². The van der Waals surface area contributed by atoms with Crippen LogP contribution in [0.4, 0.5) is 0 Å². The summed E-state index contributed by atoms with van der Waals surface area (Å²) in [4.78, 5) is 11.2. The van der Waals surface area contributed by atoms with E-state index in [1.54, 1.807) is 24.3 Å². The molecule has 0 bridgehead atoms. The van der Waals surface area contributed by atoms with E-state index in [9.17, 15) is 9.90 Å². The molecular weight excluding hydrogens is 224 g/mol. The summed E-state index contributed by atoms with van der Waals surface area (Å²) in [6, 6.07) is 8.77. The van der Waals surface area contributed by atoms with Gasteiger partial charge in [0, 0.05) is 0 Å². The molecule has 0 aliphatic rings. The van der Waals surface area contributed by atoms with E-state index in [-0.39, 0.29) is 6.61 Å². The Hall–Kier alpha value is -1.85. The molecule has 0 saturated carbocycles. The van der Waals surface area contributed by atoms with Gasteiger partial charge in [-0.2, -0.15) is 0 Å². The predicted octanol–water partition coefficient (Wildman–Crippen LogP) is 0.482. The van der Waals surface area contributed by atoms with Gasteiger partial charge in [-0.3, -0.25) is 0 Å². The van der Waals surface area contributed by atoms with Gasteiger partial charge in [0.2, 0.25) is 5.76 Å². The van der Waals surface area contributed by atoms with Gasteiger partial charge in [-0.1, -0.05) is 30.3 Å². The van der Waals surface area contributed by atoms with Gasteiger partial charge in [-0.05, 0) is 11.6 Å². The molecule has 0 radical (unpaired) electrons. The third-order valence-corrected chi connectivity index (χ3v) is 1.93. The monoisotopic (exact) mass is 238 g/mol. The van der Waals surface area contributed by atoms with Crippen LogP contribution in [0.2, 0.25) is 0 Å². The Morgan fingerprint density at radius 3 is 2.59 bits per heavy atom. The molecule has 0 heterocycles. The van der Waals surface area contributed by atoms with E-state index in [4.69, 9.17) is 10.2 Å². The number of ether oxygens (including phenoxy) is 1. The van der Waals surface area contributed by atoms with E-state index < -0.39 is 24.4 Å². The summed E-state index contributed by atoms with van der Waals surface area (Å²) >= 11 is 0. The first kappa shape index (κ1) is 13.2. The molecule has 1 unspecified atom stereocenters. The van der Waals surface area contributed by atoms with Gasteiger partial charge in [-0.15, -0.1) is 0 Å². The van der Waals surface area contributed by atoms with Crippen molar-refractivity contribution in [2.45, 2.75) is 6.10 Å². The summed E-state index contributed by atoms with van der Waals surface area (Å²) in [5, 5.41) is 26.9. The van der Waals surface area contributed by atoms with Crippen molar-refractivity contribution in [3.05, 3.63) is 41.7 Å². The highest BCUT2D eigenvalue weighted by Crippen LogP contribution is 2.05. The van der Waals surface area contributed by atoms with Gasteiger partial charge in [0.25, 0.3) is 0 Å². The second-order valence-corrected chi connectivity index (χ2v) is 3.38. The zero-order valence-electron chi connectivity index (χ0n) is 9.11. The van der Waals surface area contributed by atoms with Crippen LogP contribution < -0.4 is 0 Å². The van der Waals surface area contributed by atoms with Gasteiger partial charge in [0.05, 0.1) is 6.61 Å². The molecule has 0 aliphatic carbocycles. The summed E-state index contributed by atoms with van der Waals surface area (Å²) in [6.07, 6.45) is 0.122. The second-order valence-electron chi connectivity index (χ2n) is 3.38. The normalized spacial score (nSPS) is 13.2. The molecule has 5 heteroatoms. The minimum Gasteiger partial charge on any atom is -0.502 e. The van der Waals surface area contributed by atoms with Gasteiger partial charge in [0.1, 0.15) is 12.7 Å². The molecule has 0 amide bonds. The largest absolute Gasteiger partial charge is 0.502 e. The molecule has 1 rings (SSSR count). The first-order valence-corrected chi connectivity index (χ1v) is 5.05. The Balaban J connectivity index is 2.55. The van der Waals surface area contributed by atoms with Crippen LogP contribution in [0.1, 0.15) is 5.56 Å². The number of carbonyl (C=O) groups excluding carboxylic acids is 1. The SMILES string of the molecule is O=C(OCC(O)CO)C(O)=Cc1ccccc1. The number of esters is 1. The molecule has 1 atom stereocenters. The summed E-state index contributed by atoms with van der Waals surface area (Å²) in [7, 11) is 0. The lowest BCUT2D eigenvalue weighted by Gasteiger charge is -2.07. The Morgan fingerprint density at radius 1 is 1.35 bits per heavy atom. The number of hydrogen-bond acceptors (Lipinski definition) is 5. The third kappa shape index (κ3) is 4.67. The number of rotatable bonds is 5. The summed E-state index contributed by atoms with van der Waals surface area (Å²) in [5.41, 5.74) is 0.657. The minimum absolute atomic E-state index is 0.359. The Kier molecular flexibility index (Phi) is 5.19. The van der Waals surface area contributed by atoms with Crippen LogP contribution in [0.3, 0.4) is 0 Å². The number of carbonyl (C=O) groups is 1. The Labute approximate surface area is 98.6 Å². The van der Waals surface area contributed by atoms with Gasteiger partial charge >= 0.3 is 5.97 Å². The van der Waals surface area contributed by atoms with E-state index in [0.29, 0.717) is 5.56 Å². The van der Waals surface area contributed by atoms with Crippen molar-refractivity contribution in [1.29, 1.82) is 0 Å². The molecule has 5 nitrogen and oxygen atoms in total. The highest BCUT2D eigenvalue weighted by molar-refractivity contribution is 5.90. The van der Waals surface area contributed by atoms with Crippen LogP contribution in [-0.4, -0.2) is 40.6 Å². The molecule has 0 aromatic heterocycles. The van der Waals surface area contributed by atoms with Crippen molar-refractivity contribution in [3.8, 4) is 0 Å². The van der Waals surface area contributed by atoms with Gasteiger partial charge in [-0.25, -0.2) is 4.79 Å². The maximum Gasteiger partial charge on any atom is 0.373 e. The summed E-state index contributed by atoms with van der Waals surface area (Å²) < 4.78 is 4.56. The van der Waals surface area contributed by atoms with Crippen molar-refractivity contribution in [3.63, 3.8) is 0 Å². The maximum atomic E-state index is 11.2. The third-order valence-electron chi connectivity index (χ3n) is 1.93. The molecule has 0 fully saturated rings. The number of hydrogen-bond donors (Lipinski definition) is 3. The van der Waals surface area contributed by atoms with Gasteiger partial charge in [0.15, 0.2) is 0 Å². The fourth-order valence-corrected chi connectivity index (χ4v) is 1.06. The fourth-order valence-electron chi connectivity index (χ4n) is 1.06. The molecule has 0 saturated heterocycles. The zero-order chi connectivity index (χ0) is 12.7.